The first kappa shape index (κ1) is 14.0. The molecule has 0 spiro atoms. The number of rotatable bonds is 5. The highest BCUT2D eigenvalue weighted by Gasteiger charge is 2.29. The number of piperazine rings is 1. The summed E-state index contributed by atoms with van der Waals surface area (Å²) >= 11 is 0. The Hall–Kier alpha value is -1.11. The van der Waals surface area contributed by atoms with Gasteiger partial charge in [0, 0.05) is 12.3 Å². The van der Waals surface area contributed by atoms with Crippen LogP contribution < -0.4 is 5.32 Å². The zero-order valence-electron chi connectivity index (χ0n) is 10.1. The van der Waals surface area contributed by atoms with Crippen LogP contribution in [0.15, 0.2) is 0 Å². The van der Waals surface area contributed by atoms with Crippen molar-refractivity contribution in [3.8, 4) is 0 Å². The van der Waals surface area contributed by atoms with E-state index in [1.165, 1.54) is 4.90 Å². The highest BCUT2D eigenvalue weighted by molar-refractivity contribution is 7.91. The fourth-order valence-electron chi connectivity index (χ4n) is 1.73. The van der Waals surface area contributed by atoms with Crippen molar-refractivity contribution < 1.29 is 18.0 Å². The predicted molar refractivity (Wildman–Crippen MR) is 63.1 cm³/mol. The molecule has 2 amide bonds. The van der Waals surface area contributed by atoms with Crippen molar-refractivity contribution in [3.63, 3.8) is 0 Å². The number of hydrogen-bond acceptors (Lipinski definition) is 4. The molecule has 1 N–H and O–H groups in total. The summed E-state index contributed by atoms with van der Waals surface area (Å²) in [6.07, 6.45) is 0.563. The first-order chi connectivity index (χ1) is 7.85. The van der Waals surface area contributed by atoms with E-state index in [2.05, 4.69) is 5.32 Å². The molecule has 17 heavy (non-hydrogen) atoms. The summed E-state index contributed by atoms with van der Waals surface area (Å²) < 4.78 is 23.0. The van der Waals surface area contributed by atoms with Crippen LogP contribution in [0.1, 0.15) is 20.3 Å². The lowest BCUT2D eigenvalue weighted by molar-refractivity contribution is -0.143. The van der Waals surface area contributed by atoms with Crippen LogP contribution in [0.3, 0.4) is 0 Å². The standard InChI is InChI=1S/C10H18N2O4S/c1-3-5-17(15,16)6-4-12-7-9(13)11-8(2)10(12)14/h8H,3-7H2,1-2H3,(H,11,13). The number of hydrogen-bond donors (Lipinski definition) is 1. The van der Waals surface area contributed by atoms with E-state index < -0.39 is 15.9 Å². The fraction of sp³-hybridized carbons (Fsp3) is 0.800. The van der Waals surface area contributed by atoms with Gasteiger partial charge in [-0.05, 0) is 13.3 Å². The first-order valence-corrected chi connectivity index (χ1v) is 7.46. The minimum Gasteiger partial charge on any atom is -0.343 e. The van der Waals surface area contributed by atoms with E-state index in [4.69, 9.17) is 0 Å². The van der Waals surface area contributed by atoms with Crippen LogP contribution in [-0.2, 0) is 19.4 Å². The van der Waals surface area contributed by atoms with Gasteiger partial charge in [0.05, 0.1) is 12.3 Å². The number of nitrogens with zero attached hydrogens (tertiary/aromatic N) is 1. The number of sulfone groups is 1. The van der Waals surface area contributed by atoms with E-state index in [1.807, 2.05) is 0 Å². The Kier molecular flexibility index (Phi) is 4.50. The maximum atomic E-state index is 11.7. The molecule has 1 aliphatic rings. The Morgan fingerprint density at radius 3 is 2.59 bits per heavy atom. The first-order valence-electron chi connectivity index (χ1n) is 5.64. The summed E-state index contributed by atoms with van der Waals surface area (Å²) in [5.74, 6) is -0.426. The van der Waals surface area contributed by atoms with E-state index in [9.17, 15) is 18.0 Å². The predicted octanol–water partition coefficient (Wildman–Crippen LogP) is -0.842. The van der Waals surface area contributed by atoms with Crippen LogP contribution in [0.4, 0.5) is 0 Å². The van der Waals surface area contributed by atoms with E-state index in [1.54, 1.807) is 13.8 Å². The highest BCUT2D eigenvalue weighted by Crippen LogP contribution is 2.03. The SMILES string of the molecule is CCCS(=O)(=O)CCN1CC(=O)NC(C)C1=O. The van der Waals surface area contributed by atoms with Gasteiger partial charge in [-0.2, -0.15) is 0 Å². The van der Waals surface area contributed by atoms with Crippen LogP contribution in [0.2, 0.25) is 0 Å². The lowest BCUT2D eigenvalue weighted by Gasteiger charge is -2.30. The zero-order valence-corrected chi connectivity index (χ0v) is 10.9. The van der Waals surface area contributed by atoms with Crippen molar-refractivity contribution in [1.82, 2.24) is 10.2 Å². The van der Waals surface area contributed by atoms with Gasteiger partial charge in [-0.15, -0.1) is 0 Å². The maximum absolute atomic E-state index is 11.7. The summed E-state index contributed by atoms with van der Waals surface area (Å²) in [7, 11) is -3.12. The molecule has 0 saturated carbocycles. The molecule has 0 bridgehead atoms. The van der Waals surface area contributed by atoms with Gasteiger partial charge in [0.25, 0.3) is 0 Å². The van der Waals surface area contributed by atoms with Crippen LogP contribution >= 0.6 is 0 Å². The summed E-state index contributed by atoms with van der Waals surface area (Å²) in [6, 6.07) is -0.565. The van der Waals surface area contributed by atoms with E-state index in [0.29, 0.717) is 6.42 Å². The number of nitrogens with one attached hydrogen (secondary N) is 1. The van der Waals surface area contributed by atoms with E-state index in [0.717, 1.165) is 0 Å². The molecule has 1 rings (SSSR count). The van der Waals surface area contributed by atoms with Gasteiger partial charge in [-0.3, -0.25) is 9.59 Å². The van der Waals surface area contributed by atoms with Crippen molar-refractivity contribution >= 4 is 21.7 Å². The molecule has 7 heteroatoms. The molecule has 1 heterocycles. The topological polar surface area (TPSA) is 83.6 Å². The van der Waals surface area contributed by atoms with Gasteiger partial charge in [0.15, 0.2) is 9.84 Å². The number of carbonyl (C=O) groups excluding carboxylic acids is 2. The molecule has 0 aliphatic carbocycles. The Morgan fingerprint density at radius 1 is 1.35 bits per heavy atom. The number of carbonyl (C=O) groups is 2. The quantitative estimate of drug-likeness (QED) is 0.700. The molecule has 6 nitrogen and oxygen atoms in total. The van der Waals surface area contributed by atoms with Gasteiger partial charge in [0.2, 0.25) is 11.8 Å². The minimum atomic E-state index is -3.12. The molecule has 0 radical (unpaired) electrons. The summed E-state index contributed by atoms with van der Waals surface area (Å²) in [5, 5.41) is 2.50. The third-order valence-electron chi connectivity index (χ3n) is 2.58. The highest BCUT2D eigenvalue weighted by atomic mass is 32.2. The Bertz CT molecular complexity index is 405. The molecule has 98 valence electrons. The van der Waals surface area contributed by atoms with Crippen molar-refractivity contribution in [2.24, 2.45) is 0 Å². The molecule has 0 aromatic rings. The van der Waals surface area contributed by atoms with Crippen molar-refractivity contribution in [1.29, 1.82) is 0 Å². The molecule has 1 fully saturated rings. The van der Waals surface area contributed by atoms with Gasteiger partial charge in [0.1, 0.15) is 6.04 Å². The molecule has 1 unspecified atom stereocenters. The molecular formula is C10H18N2O4S. The Labute approximate surface area is 101 Å². The molecule has 0 aromatic carbocycles. The largest absolute Gasteiger partial charge is 0.343 e. The van der Waals surface area contributed by atoms with Crippen molar-refractivity contribution in [2.75, 3.05) is 24.6 Å². The van der Waals surface area contributed by atoms with E-state index >= 15 is 0 Å². The van der Waals surface area contributed by atoms with Crippen LogP contribution in [0.5, 0.6) is 0 Å². The normalized spacial score (nSPS) is 21.5. The maximum Gasteiger partial charge on any atom is 0.245 e. The molecule has 1 atom stereocenters. The average Bonchev–Trinajstić information content (AvgIpc) is 2.21. The van der Waals surface area contributed by atoms with E-state index in [-0.39, 0.29) is 36.4 Å². The van der Waals surface area contributed by atoms with Gasteiger partial charge in [-0.25, -0.2) is 8.42 Å². The average molecular weight is 262 g/mol. The van der Waals surface area contributed by atoms with Gasteiger partial charge in [-0.1, -0.05) is 6.92 Å². The summed E-state index contributed by atoms with van der Waals surface area (Å²) in [5.41, 5.74) is 0. The molecule has 1 aliphatic heterocycles. The lowest BCUT2D eigenvalue weighted by Crippen LogP contribution is -2.57. The second-order valence-corrected chi connectivity index (χ2v) is 6.50. The second kappa shape index (κ2) is 5.48. The lowest BCUT2D eigenvalue weighted by atomic mass is 10.2. The second-order valence-electron chi connectivity index (χ2n) is 4.20. The Morgan fingerprint density at radius 2 is 2.00 bits per heavy atom. The van der Waals surface area contributed by atoms with Crippen LogP contribution in [-0.4, -0.2) is 55.8 Å². The van der Waals surface area contributed by atoms with Gasteiger partial charge >= 0.3 is 0 Å². The molecule has 1 saturated heterocycles. The van der Waals surface area contributed by atoms with Crippen LogP contribution in [0.25, 0.3) is 0 Å². The molecule has 0 aromatic heterocycles. The van der Waals surface area contributed by atoms with Crippen molar-refractivity contribution in [3.05, 3.63) is 0 Å². The van der Waals surface area contributed by atoms with Gasteiger partial charge < -0.3 is 10.2 Å². The smallest absolute Gasteiger partial charge is 0.245 e. The Balaban J connectivity index is 2.56. The molecular weight excluding hydrogens is 244 g/mol. The summed E-state index contributed by atoms with van der Waals surface area (Å²) in [4.78, 5) is 24.2. The monoisotopic (exact) mass is 262 g/mol. The van der Waals surface area contributed by atoms with Crippen LogP contribution in [0, 0.1) is 0 Å². The van der Waals surface area contributed by atoms with Crippen molar-refractivity contribution in [2.45, 2.75) is 26.3 Å². The minimum absolute atomic E-state index is 0.0508. The zero-order chi connectivity index (χ0) is 13.1. The third kappa shape index (κ3) is 3.99. The summed E-state index contributed by atoms with van der Waals surface area (Å²) in [6.45, 7) is 3.43. The number of amides is 2. The third-order valence-corrected chi connectivity index (χ3v) is 4.42. The fourth-order valence-corrected chi connectivity index (χ4v) is 3.05.